The average molecular weight is 303 g/mol. The molecule has 2 rings (SSSR count). The van der Waals surface area contributed by atoms with Crippen LogP contribution in [-0.4, -0.2) is 29.6 Å². The molecule has 0 radical (unpaired) electrons. The molecule has 108 valence electrons. The first-order valence-corrected chi connectivity index (χ1v) is 7.17. The monoisotopic (exact) mass is 303 g/mol. The number of hydrogen-bond donors (Lipinski definition) is 1. The molecule has 1 N–H and O–H groups in total. The topological polar surface area (TPSA) is 40.5 Å². The van der Waals surface area contributed by atoms with Crippen molar-refractivity contribution in [3.05, 3.63) is 57.5 Å². The fourth-order valence-corrected chi connectivity index (χ4v) is 2.69. The number of thiophene rings is 1. The Morgan fingerprint density at radius 2 is 2.19 bits per heavy atom. The molecule has 1 aromatic heterocycles. The predicted octanol–water partition coefficient (Wildman–Crippen LogP) is 2.50. The number of carbonyl (C=O) groups excluding carboxylic acids is 1. The molecule has 0 atom stereocenters. The lowest BCUT2D eigenvalue weighted by atomic mass is 10.2. The van der Waals surface area contributed by atoms with Gasteiger partial charge in [0.2, 0.25) is 0 Å². The number of halogens is 1. The van der Waals surface area contributed by atoms with E-state index in [0.717, 1.165) is 10.4 Å². The highest BCUT2D eigenvalue weighted by Crippen LogP contribution is 2.17. The quantitative estimate of drug-likeness (QED) is 0.885. The molecule has 0 saturated carbocycles. The summed E-state index contributed by atoms with van der Waals surface area (Å²) < 4.78 is 13.6. The minimum atomic E-state index is -0.518. The Kier molecular flexibility index (Phi) is 5.09. The Hall–Kier alpha value is -2.16. The van der Waals surface area contributed by atoms with Crippen LogP contribution in [0.5, 0.6) is 0 Å². The second-order valence-corrected chi connectivity index (χ2v) is 5.40. The number of aliphatic hydroxyl groups excluding tert-OH is 1. The molecule has 0 bridgehead atoms. The smallest absolute Gasteiger partial charge is 0.256 e. The molecular formula is C16H14FNO2S. The minimum Gasteiger partial charge on any atom is -0.384 e. The van der Waals surface area contributed by atoms with E-state index in [4.69, 9.17) is 5.11 Å². The fourth-order valence-electron chi connectivity index (χ4n) is 1.82. The first kappa shape index (κ1) is 15.2. The van der Waals surface area contributed by atoms with Crippen LogP contribution in [0.1, 0.15) is 20.8 Å². The van der Waals surface area contributed by atoms with E-state index in [9.17, 15) is 9.18 Å². The number of hydrogen-bond acceptors (Lipinski definition) is 3. The summed E-state index contributed by atoms with van der Waals surface area (Å²) in [5.74, 6) is 4.50. The van der Waals surface area contributed by atoms with Crippen LogP contribution in [0.2, 0.25) is 0 Å². The van der Waals surface area contributed by atoms with Crippen molar-refractivity contribution in [2.75, 3.05) is 13.7 Å². The lowest BCUT2D eigenvalue weighted by molar-refractivity contribution is 0.0782. The van der Waals surface area contributed by atoms with E-state index in [1.54, 1.807) is 19.2 Å². The van der Waals surface area contributed by atoms with Crippen molar-refractivity contribution in [1.82, 2.24) is 4.90 Å². The highest BCUT2D eigenvalue weighted by Gasteiger charge is 2.16. The van der Waals surface area contributed by atoms with E-state index in [1.807, 2.05) is 11.4 Å². The van der Waals surface area contributed by atoms with Gasteiger partial charge in [0.05, 0.1) is 12.1 Å². The van der Waals surface area contributed by atoms with Gasteiger partial charge in [-0.3, -0.25) is 4.79 Å². The van der Waals surface area contributed by atoms with Crippen LogP contribution in [0.25, 0.3) is 0 Å². The maximum absolute atomic E-state index is 13.6. The van der Waals surface area contributed by atoms with Crippen LogP contribution in [0.3, 0.4) is 0 Å². The zero-order chi connectivity index (χ0) is 15.2. The maximum Gasteiger partial charge on any atom is 0.256 e. The van der Waals surface area contributed by atoms with Crippen molar-refractivity contribution >= 4 is 17.2 Å². The second-order valence-electron chi connectivity index (χ2n) is 4.40. The van der Waals surface area contributed by atoms with Gasteiger partial charge in [0, 0.05) is 22.9 Å². The van der Waals surface area contributed by atoms with Crippen LogP contribution in [-0.2, 0) is 6.54 Å². The Balaban J connectivity index is 2.07. The zero-order valence-corrected chi connectivity index (χ0v) is 12.3. The van der Waals surface area contributed by atoms with Crippen molar-refractivity contribution in [2.45, 2.75) is 6.54 Å². The molecule has 1 aromatic carbocycles. The van der Waals surface area contributed by atoms with Crippen LogP contribution in [0.4, 0.5) is 4.39 Å². The van der Waals surface area contributed by atoms with E-state index >= 15 is 0 Å². The van der Waals surface area contributed by atoms with Crippen molar-refractivity contribution in [1.29, 1.82) is 0 Å². The molecule has 21 heavy (non-hydrogen) atoms. The Morgan fingerprint density at radius 3 is 2.90 bits per heavy atom. The van der Waals surface area contributed by atoms with Gasteiger partial charge < -0.3 is 10.0 Å². The maximum atomic E-state index is 13.6. The number of rotatable bonds is 3. The Bertz CT molecular complexity index is 700. The molecule has 1 heterocycles. The van der Waals surface area contributed by atoms with Crippen LogP contribution in [0.15, 0.2) is 35.7 Å². The van der Waals surface area contributed by atoms with Crippen molar-refractivity contribution in [3.63, 3.8) is 0 Å². The van der Waals surface area contributed by atoms with Gasteiger partial charge in [-0.25, -0.2) is 4.39 Å². The van der Waals surface area contributed by atoms with Gasteiger partial charge in [0.25, 0.3) is 5.91 Å². The number of amides is 1. The largest absolute Gasteiger partial charge is 0.384 e. The first-order valence-electron chi connectivity index (χ1n) is 6.29. The van der Waals surface area contributed by atoms with Gasteiger partial charge in [-0.2, -0.15) is 0 Å². The van der Waals surface area contributed by atoms with E-state index < -0.39 is 5.82 Å². The zero-order valence-electron chi connectivity index (χ0n) is 11.5. The lowest BCUT2D eigenvalue weighted by Crippen LogP contribution is -2.26. The van der Waals surface area contributed by atoms with Gasteiger partial charge in [-0.1, -0.05) is 24.0 Å². The van der Waals surface area contributed by atoms with Crippen LogP contribution < -0.4 is 0 Å². The summed E-state index contributed by atoms with van der Waals surface area (Å²) in [6.07, 6.45) is 0. The summed E-state index contributed by atoms with van der Waals surface area (Å²) in [6, 6.07) is 7.80. The molecule has 0 aliphatic rings. The molecule has 0 unspecified atom stereocenters. The molecule has 2 aromatic rings. The molecule has 3 nitrogen and oxygen atoms in total. The highest BCUT2D eigenvalue weighted by atomic mass is 32.1. The summed E-state index contributed by atoms with van der Waals surface area (Å²) in [5, 5.41) is 10.5. The van der Waals surface area contributed by atoms with E-state index in [1.165, 1.54) is 28.4 Å². The summed E-state index contributed by atoms with van der Waals surface area (Å²) >= 11 is 1.47. The SMILES string of the molecule is CN(Cc1cc(C#CCO)cs1)C(=O)c1ccccc1F. The van der Waals surface area contributed by atoms with E-state index in [2.05, 4.69) is 11.8 Å². The summed E-state index contributed by atoms with van der Waals surface area (Å²) in [6.45, 7) is 0.204. The Labute approximate surface area is 126 Å². The minimum absolute atomic E-state index is 0.0665. The number of nitrogens with zero attached hydrogens (tertiary/aromatic N) is 1. The first-order chi connectivity index (χ1) is 10.1. The number of benzene rings is 1. The standard InChI is InChI=1S/C16H14FNO2S/c1-18(16(20)14-6-2-3-7-15(14)17)10-13-9-12(11-21-13)5-4-8-19/h2-3,6-7,9,11,19H,8,10H2,1H3. The third kappa shape index (κ3) is 3.91. The molecular weight excluding hydrogens is 289 g/mol. The predicted molar refractivity (Wildman–Crippen MR) is 80.5 cm³/mol. The second kappa shape index (κ2) is 7.02. The lowest BCUT2D eigenvalue weighted by Gasteiger charge is -2.16. The van der Waals surface area contributed by atoms with Gasteiger partial charge in [-0.05, 0) is 18.2 Å². The highest BCUT2D eigenvalue weighted by molar-refractivity contribution is 7.10. The van der Waals surface area contributed by atoms with Crippen molar-refractivity contribution in [3.8, 4) is 11.8 Å². The van der Waals surface area contributed by atoms with Gasteiger partial charge in [-0.15, -0.1) is 11.3 Å². The molecule has 0 aliphatic carbocycles. The molecule has 0 spiro atoms. The summed E-state index contributed by atoms with van der Waals surface area (Å²) in [5.41, 5.74) is 0.868. The van der Waals surface area contributed by atoms with Crippen LogP contribution >= 0.6 is 11.3 Å². The third-order valence-electron chi connectivity index (χ3n) is 2.81. The van der Waals surface area contributed by atoms with Gasteiger partial charge in [0.15, 0.2) is 0 Å². The molecule has 0 saturated heterocycles. The molecule has 0 aliphatic heterocycles. The summed E-state index contributed by atoms with van der Waals surface area (Å²) in [4.78, 5) is 14.6. The van der Waals surface area contributed by atoms with Crippen molar-refractivity contribution < 1.29 is 14.3 Å². The van der Waals surface area contributed by atoms with Gasteiger partial charge >= 0.3 is 0 Å². The average Bonchev–Trinajstić information content (AvgIpc) is 2.92. The summed E-state index contributed by atoms with van der Waals surface area (Å²) in [7, 11) is 1.63. The van der Waals surface area contributed by atoms with Crippen molar-refractivity contribution in [2.24, 2.45) is 0 Å². The molecule has 1 amide bonds. The van der Waals surface area contributed by atoms with Gasteiger partial charge in [0.1, 0.15) is 12.4 Å². The fraction of sp³-hybridized carbons (Fsp3) is 0.188. The van der Waals surface area contributed by atoms with E-state index in [0.29, 0.717) is 6.54 Å². The normalized spacial score (nSPS) is 9.86. The number of aliphatic hydroxyl groups is 1. The molecule has 5 heteroatoms. The van der Waals surface area contributed by atoms with Crippen LogP contribution in [0, 0.1) is 17.7 Å². The Morgan fingerprint density at radius 1 is 1.43 bits per heavy atom. The molecule has 0 fully saturated rings. The van der Waals surface area contributed by atoms with E-state index in [-0.39, 0.29) is 18.1 Å². The number of carbonyl (C=O) groups is 1. The third-order valence-corrected chi connectivity index (χ3v) is 3.73.